The number of amides is 1. The number of hydrogen-bond donors (Lipinski definition) is 0. The molecular weight excluding hydrogens is 344 g/mol. The van der Waals surface area contributed by atoms with Crippen molar-refractivity contribution in [2.75, 3.05) is 6.54 Å². The zero-order valence-corrected chi connectivity index (χ0v) is 15.3. The number of carbonyl (C=O) groups is 1. The molecule has 0 aliphatic carbocycles. The Labute approximate surface area is 157 Å². The molecule has 1 saturated heterocycles. The lowest BCUT2D eigenvalue weighted by Gasteiger charge is -2.22. The first kappa shape index (κ1) is 17.4. The molecular formula is C19H22N6O2. The molecule has 1 unspecified atom stereocenters. The van der Waals surface area contributed by atoms with Crippen molar-refractivity contribution in [3.05, 3.63) is 48.5 Å². The van der Waals surface area contributed by atoms with Crippen LogP contribution in [-0.2, 0) is 17.8 Å². The molecule has 4 heterocycles. The van der Waals surface area contributed by atoms with Gasteiger partial charge in [-0.25, -0.2) is 4.98 Å². The number of imidazole rings is 1. The summed E-state index contributed by atoms with van der Waals surface area (Å²) < 4.78 is 7.50. The highest BCUT2D eigenvalue weighted by Crippen LogP contribution is 2.32. The number of aryl methyl sites for hydroxylation is 2. The Morgan fingerprint density at radius 3 is 3.04 bits per heavy atom. The summed E-state index contributed by atoms with van der Waals surface area (Å²) in [7, 11) is 0. The molecule has 8 heteroatoms. The molecule has 3 aromatic rings. The minimum absolute atomic E-state index is 0.103. The molecule has 0 saturated carbocycles. The highest BCUT2D eigenvalue weighted by molar-refractivity contribution is 5.76. The van der Waals surface area contributed by atoms with E-state index in [0.29, 0.717) is 30.4 Å². The maximum Gasteiger partial charge on any atom is 0.249 e. The molecule has 0 bridgehead atoms. The van der Waals surface area contributed by atoms with Crippen LogP contribution in [0.15, 0.2) is 41.3 Å². The van der Waals surface area contributed by atoms with Gasteiger partial charge in [0.2, 0.25) is 17.6 Å². The molecule has 27 heavy (non-hydrogen) atoms. The third-order valence-corrected chi connectivity index (χ3v) is 4.88. The van der Waals surface area contributed by atoms with Crippen molar-refractivity contribution in [2.45, 2.75) is 45.2 Å². The van der Waals surface area contributed by atoms with Gasteiger partial charge in [0.15, 0.2) is 0 Å². The molecule has 1 atom stereocenters. The van der Waals surface area contributed by atoms with Gasteiger partial charge in [0.1, 0.15) is 17.6 Å². The topological polar surface area (TPSA) is 89.9 Å². The molecule has 1 fully saturated rings. The SMILES string of the molecule is CCc1nccn1CCC(=O)N1CCCC1c1nc(-c2ccccn2)no1. The van der Waals surface area contributed by atoms with Crippen molar-refractivity contribution in [1.29, 1.82) is 0 Å². The summed E-state index contributed by atoms with van der Waals surface area (Å²) >= 11 is 0. The van der Waals surface area contributed by atoms with E-state index in [0.717, 1.165) is 31.6 Å². The fourth-order valence-corrected chi connectivity index (χ4v) is 3.51. The number of aromatic nitrogens is 5. The predicted molar refractivity (Wildman–Crippen MR) is 97.4 cm³/mol. The fraction of sp³-hybridized carbons (Fsp3) is 0.421. The van der Waals surface area contributed by atoms with Crippen LogP contribution in [0.4, 0.5) is 0 Å². The summed E-state index contributed by atoms with van der Waals surface area (Å²) in [6.07, 6.45) is 8.44. The second-order valence-electron chi connectivity index (χ2n) is 6.56. The standard InChI is InChI=1S/C19H22N6O2/c1-2-16-21-10-13-24(16)12-8-17(26)25-11-5-7-15(25)19-22-18(23-27-19)14-6-3-4-9-20-14/h3-4,6,9-10,13,15H,2,5,7-8,11-12H2,1H3. The van der Waals surface area contributed by atoms with E-state index in [4.69, 9.17) is 4.52 Å². The second-order valence-corrected chi connectivity index (χ2v) is 6.56. The van der Waals surface area contributed by atoms with Crippen LogP contribution in [0.5, 0.6) is 0 Å². The van der Waals surface area contributed by atoms with Gasteiger partial charge in [-0.1, -0.05) is 18.1 Å². The Morgan fingerprint density at radius 1 is 1.30 bits per heavy atom. The molecule has 140 valence electrons. The van der Waals surface area contributed by atoms with Crippen LogP contribution < -0.4 is 0 Å². The molecule has 3 aromatic heterocycles. The normalized spacial score (nSPS) is 16.8. The third kappa shape index (κ3) is 3.60. The Balaban J connectivity index is 1.44. The molecule has 0 spiro atoms. The first-order valence-electron chi connectivity index (χ1n) is 9.30. The van der Waals surface area contributed by atoms with Gasteiger partial charge in [-0.05, 0) is 25.0 Å². The Morgan fingerprint density at radius 2 is 2.22 bits per heavy atom. The summed E-state index contributed by atoms with van der Waals surface area (Å²) in [5, 5.41) is 4.04. The highest BCUT2D eigenvalue weighted by atomic mass is 16.5. The van der Waals surface area contributed by atoms with Crippen molar-refractivity contribution >= 4 is 5.91 Å². The van der Waals surface area contributed by atoms with E-state index in [1.54, 1.807) is 12.4 Å². The van der Waals surface area contributed by atoms with E-state index < -0.39 is 0 Å². The number of nitrogens with zero attached hydrogens (tertiary/aromatic N) is 6. The van der Waals surface area contributed by atoms with Crippen LogP contribution >= 0.6 is 0 Å². The van der Waals surface area contributed by atoms with Crippen LogP contribution in [-0.4, -0.2) is 42.0 Å². The fourth-order valence-electron chi connectivity index (χ4n) is 3.51. The summed E-state index contributed by atoms with van der Waals surface area (Å²) in [5.41, 5.74) is 0.663. The quantitative estimate of drug-likeness (QED) is 0.666. The average molecular weight is 366 g/mol. The summed E-state index contributed by atoms with van der Waals surface area (Å²) in [5.74, 6) is 2.04. The largest absolute Gasteiger partial charge is 0.337 e. The van der Waals surface area contributed by atoms with E-state index in [1.807, 2.05) is 33.9 Å². The molecule has 4 rings (SSSR count). The van der Waals surface area contributed by atoms with E-state index >= 15 is 0 Å². The lowest BCUT2D eigenvalue weighted by atomic mass is 10.2. The third-order valence-electron chi connectivity index (χ3n) is 4.88. The molecule has 8 nitrogen and oxygen atoms in total. The Kier molecular flexibility index (Phi) is 4.95. The van der Waals surface area contributed by atoms with Gasteiger partial charge in [0.05, 0.1) is 0 Å². The lowest BCUT2D eigenvalue weighted by Crippen LogP contribution is -2.31. The number of rotatable bonds is 6. The summed E-state index contributed by atoms with van der Waals surface area (Å²) in [6.45, 7) is 3.41. The number of carbonyl (C=O) groups excluding carboxylic acids is 1. The first-order valence-corrected chi connectivity index (χ1v) is 9.30. The summed E-state index contributed by atoms with van der Waals surface area (Å²) in [6, 6.07) is 5.40. The van der Waals surface area contributed by atoms with Crippen molar-refractivity contribution in [1.82, 2.24) is 29.6 Å². The first-order chi connectivity index (χ1) is 13.3. The van der Waals surface area contributed by atoms with Gasteiger partial charge < -0.3 is 14.0 Å². The molecule has 1 aliphatic rings. The van der Waals surface area contributed by atoms with Gasteiger partial charge in [0, 0.05) is 44.5 Å². The van der Waals surface area contributed by atoms with Crippen LogP contribution in [0, 0.1) is 0 Å². The lowest BCUT2D eigenvalue weighted by molar-refractivity contribution is -0.132. The van der Waals surface area contributed by atoms with Crippen LogP contribution in [0.2, 0.25) is 0 Å². The van der Waals surface area contributed by atoms with E-state index in [9.17, 15) is 4.79 Å². The van der Waals surface area contributed by atoms with Gasteiger partial charge in [-0.2, -0.15) is 4.98 Å². The molecule has 0 radical (unpaired) electrons. The van der Waals surface area contributed by atoms with Crippen molar-refractivity contribution in [2.24, 2.45) is 0 Å². The van der Waals surface area contributed by atoms with Crippen LogP contribution in [0.25, 0.3) is 11.5 Å². The van der Waals surface area contributed by atoms with Gasteiger partial charge >= 0.3 is 0 Å². The van der Waals surface area contributed by atoms with Gasteiger partial charge in [-0.3, -0.25) is 9.78 Å². The molecule has 0 N–H and O–H groups in total. The number of hydrogen-bond acceptors (Lipinski definition) is 6. The van der Waals surface area contributed by atoms with E-state index in [2.05, 4.69) is 27.0 Å². The van der Waals surface area contributed by atoms with Crippen LogP contribution in [0.1, 0.15) is 43.9 Å². The van der Waals surface area contributed by atoms with Gasteiger partial charge in [0.25, 0.3) is 0 Å². The maximum atomic E-state index is 12.8. The minimum atomic E-state index is -0.157. The minimum Gasteiger partial charge on any atom is -0.337 e. The zero-order chi connectivity index (χ0) is 18.6. The van der Waals surface area contributed by atoms with Gasteiger partial charge in [-0.15, -0.1) is 0 Å². The predicted octanol–water partition coefficient (Wildman–Crippen LogP) is 2.64. The zero-order valence-electron chi connectivity index (χ0n) is 15.3. The van der Waals surface area contributed by atoms with Crippen molar-refractivity contribution in [3.63, 3.8) is 0 Å². The average Bonchev–Trinajstić information content (AvgIpc) is 3.46. The maximum absolute atomic E-state index is 12.8. The Hall–Kier alpha value is -3.03. The van der Waals surface area contributed by atoms with E-state index in [-0.39, 0.29) is 11.9 Å². The number of pyridine rings is 1. The van der Waals surface area contributed by atoms with Crippen molar-refractivity contribution in [3.8, 4) is 11.5 Å². The smallest absolute Gasteiger partial charge is 0.249 e. The van der Waals surface area contributed by atoms with E-state index in [1.165, 1.54) is 0 Å². The highest BCUT2D eigenvalue weighted by Gasteiger charge is 2.34. The molecule has 1 aliphatic heterocycles. The molecule has 0 aromatic carbocycles. The molecule has 1 amide bonds. The Bertz CT molecular complexity index is 904. The van der Waals surface area contributed by atoms with Crippen LogP contribution in [0.3, 0.4) is 0 Å². The van der Waals surface area contributed by atoms with Crippen molar-refractivity contribution < 1.29 is 9.32 Å². The summed E-state index contributed by atoms with van der Waals surface area (Å²) in [4.78, 5) is 27.7. The number of likely N-dealkylation sites (tertiary alicyclic amines) is 1. The monoisotopic (exact) mass is 366 g/mol. The second kappa shape index (κ2) is 7.69.